The van der Waals surface area contributed by atoms with E-state index in [4.69, 9.17) is 4.74 Å². The molecule has 3 N–H and O–H groups in total. The van der Waals surface area contributed by atoms with Gasteiger partial charge in [0.25, 0.3) is 0 Å². The molecule has 2 aromatic rings. The molecule has 7 heteroatoms. The zero-order valence-electron chi connectivity index (χ0n) is 12.3. The maximum atomic E-state index is 11.8. The number of hydrogen-bond acceptors (Lipinski definition) is 5. The van der Waals surface area contributed by atoms with Crippen LogP contribution in [0.25, 0.3) is 0 Å². The summed E-state index contributed by atoms with van der Waals surface area (Å²) >= 11 is 0. The summed E-state index contributed by atoms with van der Waals surface area (Å²) in [5.74, 6) is -1.28. The Kier molecular flexibility index (Phi) is 5.30. The molecule has 118 valence electrons. The first-order chi connectivity index (χ1) is 11.1. The van der Waals surface area contributed by atoms with Crippen molar-refractivity contribution < 1.29 is 19.4 Å². The fourth-order valence-corrected chi connectivity index (χ4v) is 1.75. The largest absolute Gasteiger partial charge is 0.508 e. The second-order valence-electron chi connectivity index (χ2n) is 4.45. The Hall–Kier alpha value is -3.35. The summed E-state index contributed by atoms with van der Waals surface area (Å²) in [6, 6.07) is 13.0. The van der Waals surface area contributed by atoms with Crippen molar-refractivity contribution in [2.45, 2.75) is 0 Å². The van der Waals surface area contributed by atoms with Crippen LogP contribution in [-0.2, 0) is 9.59 Å². The lowest BCUT2D eigenvalue weighted by molar-refractivity contribution is -0.136. The quantitative estimate of drug-likeness (QED) is 0.452. The number of rotatable bonds is 4. The Bertz CT molecular complexity index is 744. The third kappa shape index (κ3) is 4.57. The van der Waals surface area contributed by atoms with Crippen molar-refractivity contribution in [2.24, 2.45) is 5.10 Å². The number of phenols is 1. The van der Waals surface area contributed by atoms with E-state index >= 15 is 0 Å². The molecule has 0 atom stereocenters. The van der Waals surface area contributed by atoms with Gasteiger partial charge in [0.05, 0.1) is 19.0 Å². The zero-order valence-corrected chi connectivity index (χ0v) is 12.3. The molecule has 0 saturated carbocycles. The second kappa shape index (κ2) is 7.60. The van der Waals surface area contributed by atoms with Crippen molar-refractivity contribution in [3.8, 4) is 11.5 Å². The Morgan fingerprint density at radius 2 is 1.91 bits per heavy atom. The van der Waals surface area contributed by atoms with E-state index in [2.05, 4.69) is 15.8 Å². The number of anilines is 1. The minimum Gasteiger partial charge on any atom is -0.508 e. The average Bonchev–Trinajstić information content (AvgIpc) is 2.55. The molecule has 0 spiro atoms. The van der Waals surface area contributed by atoms with Crippen molar-refractivity contribution in [1.29, 1.82) is 0 Å². The normalized spacial score (nSPS) is 10.3. The topological polar surface area (TPSA) is 100 Å². The first kappa shape index (κ1) is 16.0. The second-order valence-corrected chi connectivity index (χ2v) is 4.45. The molecule has 2 amide bonds. The molecule has 0 radical (unpaired) electrons. The van der Waals surface area contributed by atoms with E-state index in [-0.39, 0.29) is 5.75 Å². The van der Waals surface area contributed by atoms with Crippen molar-refractivity contribution in [3.05, 3.63) is 54.1 Å². The Morgan fingerprint density at radius 1 is 1.13 bits per heavy atom. The van der Waals surface area contributed by atoms with Gasteiger partial charge >= 0.3 is 11.8 Å². The van der Waals surface area contributed by atoms with Gasteiger partial charge in [0.2, 0.25) is 0 Å². The molecule has 0 aliphatic heterocycles. The van der Waals surface area contributed by atoms with E-state index in [0.29, 0.717) is 17.0 Å². The Morgan fingerprint density at radius 3 is 2.65 bits per heavy atom. The summed E-state index contributed by atoms with van der Waals surface area (Å²) in [7, 11) is 1.46. The van der Waals surface area contributed by atoms with Gasteiger partial charge in [-0.15, -0.1) is 0 Å². The summed E-state index contributed by atoms with van der Waals surface area (Å²) in [5, 5.41) is 15.4. The lowest BCUT2D eigenvalue weighted by Crippen LogP contribution is -2.32. The molecule has 23 heavy (non-hydrogen) atoms. The van der Waals surface area contributed by atoms with Crippen LogP contribution in [0.3, 0.4) is 0 Å². The number of para-hydroxylation sites is 2. The van der Waals surface area contributed by atoms with Crippen molar-refractivity contribution >= 4 is 23.7 Å². The lowest BCUT2D eigenvalue weighted by Gasteiger charge is -2.08. The molecular formula is C16H15N3O4. The van der Waals surface area contributed by atoms with Gasteiger partial charge in [-0.2, -0.15) is 5.10 Å². The van der Waals surface area contributed by atoms with E-state index < -0.39 is 11.8 Å². The van der Waals surface area contributed by atoms with Crippen molar-refractivity contribution in [1.82, 2.24) is 5.43 Å². The number of aromatic hydroxyl groups is 1. The number of nitrogens with one attached hydrogen (secondary N) is 2. The molecule has 0 aliphatic rings. The monoisotopic (exact) mass is 313 g/mol. The Balaban J connectivity index is 1.94. The third-order valence-electron chi connectivity index (χ3n) is 2.81. The van der Waals surface area contributed by atoms with Crippen LogP contribution in [0.2, 0.25) is 0 Å². The number of phenolic OH excluding ortho intramolecular Hbond substituents is 1. The van der Waals surface area contributed by atoms with Gasteiger partial charge in [-0.3, -0.25) is 9.59 Å². The van der Waals surface area contributed by atoms with Crippen molar-refractivity contribution in [3.63, 3.8) is 0 Å². The maximum Gasteiger partial charge on any atom is 0.329 e. The predicted molar refractivity (Wildman–Crippen MR) is 85.5 cm³/mol. The number of hydrogen-bond donors (Lipinski definition) is 3. The van der Waals surface area contributed by atoms with E-state index in [1.807, 2.05) is 0 Å². The average molecular weight is 313 g/mol. The summed E-state index contributed by atoms with van der Waals surface area (Å²) in [6.45, 7) is 0. The van der Waals surface area contributed by atoms with Crippen LogP contribution in [0, 0.1) is 0 Å². The molecule has 0 aromatic heterocycles. The van der Waals surface area contributed by atoms with E-state index in [1.54, 1.807) is 36.4 Å². The van der Waals surface area contributed by atoms with E-state index in [0.717, 1.165) is 0 Å². The zero-order chi connectivity index (χ0) is 16.7. The molecule has 0 bridgehead atoms. The standard InChI is InChI=1S/C16H15N3O4/c1-23-14-8-3-2-7-13(14)18-15(21)16(22)19-17-10-11-5-4-6-12(20)9-11/h2-10,20H,1H3,(H,18,21)(H,19,22)/b17-10-. The molecule has 2 aromatic carbocycles. The number of carbonyl (C=O) groups is 2. The van der Waals surface area contributed by atoms with Crippen LogP contribution in [0.4, 0.5) is 5.69 Å². The van der Waals surface area contributed by atoms with Crippen LogP contribution in [0.15, 0.2) is 53.6 Å². The lowest BCUT2D eigenvalue weighted by atomic mass is 10.2. The number of amides is 2. The molecule has 7 nitrogen and oxygen atoms in total. The number of methoxy groups -OCH3 is 1. The minimum atomic E-state index is -0.924. The molecule has 0 heterocycles. The number of ether oxygens (including phenoxy) is 1. The molecule has 0 aliphatic carbocycles. The van der Waals surface area contributed by atoms with Crippen LogP contribution >= 0.6 is 0 Å². The summed E-state index contributed by atoms with van der Waals surface area (Å²) in [5.41, 5.74) is 3.06. The number of carbonyl (C=O) groups excluding carboxylic acids is 2. The van der Waals surface area contributed by atoms with Crippen LogP contribution < -0.4 is 15.5 Å². The van der Waals surface area contributed by atoms with Crippen molar-refractivity contribution in [2.75, 3.05) is 12.4 Å². The highest BCUT2D eigenvalue weighted by molar-refractivity contribution is 6.39. The molecular weight excluding hydrogens is 298 g/mol. The highest BCUT2D eigenvalue weighted by Crippen LogP contribution is 2.22. The van der Waals surface area contributed by atoms with E-state index in [9.17, 15) is 14.7 Å². The van der Waals surface area contributed by atoms with Gasteiger partial charge in [-0.05, 0) is 29.8 Å². The van der Waals surface area contributed by atoms with Gasteiger partial charge in [-0.25, -0.2) is 5.43 Å². The fraction of sp³-hybridized carbons (Fsp3) is 0.0625. The fourth-order valence-electron chi connectivity index (χ4n) is 1.75. The Labute approximate surface area is 132 Å². The van der Waals surface area contributed by atoms with Gasteiger partial charge in [0.1, 0.15) is 11.5 Å². The van der Waals surface area contributed by atoms with E-state index in [1.165, 1.54) is 25.5 Å². The predicted octanol–water partition coefficient (Wildman–Crippen LogP) is 1.49. The molecule has 0 unspecified atom stereocenters. The number of benzene rings is 2. The van der Waals surface area contributed by atoms with Gasteiger partial charge < -0.3 is 15.2 Å². The summed E-state index contributed by atoms with van der Waals surface area (Å²) in [6.07, 6.45) is 1.31. The van der Waals surface area contributed by atoms with Crippen LogP contribution in [0.5, 0.6) is 11.5 Å². The van der Waals surface area contributed by atoms with Crippen LogP contribution in [-0.4, -0.2) is 30.2 Å². The van der Waals surface area contributed by atoms with Gasteiger partial charge in [-0.1, -0.05) is 24.3 Å². The van der Waals surface area contributed by atoms with Gasteiger partial charge in [0.15, 0.2) is 0 Å². The number of nitrogens with zero attached hydrogens (tertiary/aromatic N) is 1. The SMILES string of the molecule is COc1ccccc1NC(=O)C(=O)N/N=C\c1cccc(O)c1. The first-order valence-corrected chi connectivity index (χ1v) is 6.66. The first-order valence-electron chi connectivity index (χ1n) is 6.66. The molecule has 0 saturated heterocycles. The summed E-state index contributed by atoms with van der Waals surface area (Å²) in [4.78, 5) is 23.5. The summed E-state index contributed by atoms with van der Waals surface area (Å²) < 4.78 is 5.08. The highest BCUT2D eigenvalue weighted by Gasteiger charge is 2.14. The smallest absolute Gasteiger partial charge is 0.329 e. The van der Waals surface area contributed by atoms with Gasteiger partial charge in [0, 0.05) is 0 Å². The minimum absolute atomic E-state index is 0.0780. The highest BCUT2D eigenvalue weighted by atomic mass is 16.5. The maximum absolute atomic E-state index is 11.8. The molecule has 2 rings (SSSR count). The molecule has 0 fully saturated rings. The van der Waals surface area contributed by atoms with Crippen LogP contribution in [0.1, 0.15) is 5.56 Å². The third-order valence-corrected chi connectivity index (χ3v) is 2.81. The number of hydrazone groups is 1.